The van der Waals surface area contributed by atoms with Crippen LogP contribution < -0.4 is 5.40 Å². The highest BCUT2D eigenvalue weighted by Crippen LogP contribution is 2.69. The van der Waals surface area contributed by atoms with Crippen molar-refractivity contribution in [3.8, 4) is 0 Å². The van der Waals surface area contributed by atoms with Crippen LogP contribution >= 0.6 is 0 Å². The highest BCUT2D eigenvalue weighted by molar-refractivity contribution is 6.76. The SMILES string of the molecule is N[Si](CCC(F)(F)C(F)(F)C(F)(F)C(F)(F)C(F)(F)C(F)(F)C(F)(F)C(F)(F)F)(CCC(F)(F)C(F)(F)C(F)(F)C(F)(F)C(F)(F)C(F)(F)C(F)(F)C(F)(F)F)CCC(F)(F)C(F)(F)C(F)(F)C(F)(F)C(F)(F)C(F)(F)C(F)(F)C(F)(F)F. The Morgan fingerprint density at radius 3 is 0.361 bits per heavy atom. The Morgan fingerprint density at radius 1 is 0.157 bits per heavy atom. The van der Waals surface area contributed by atoms with Crippen LogP contribution in [-0.2, 0) is 0 Å². The summed E-state index contributed by atoms with van der Waals surface area (Å²) in [5, 5.41) is 4.65. The van der Waals surface area contributed by atoms with Gasteiger partial charge in [0.15, 0.2) is 0 Å². The molecule has 0 aromatic carbocycles. The molecule has 0 atom stereocenters. The van der Waals surface area contributed by atoms with Gasteiger partial charge >= 0.3 is 143 Å². The van der Waals surface area contributed by atoms with Crippen molar-refractivity contribution < 1.29 is 224 Å². The molecule has 53 heteroatoms. The maximum absolute atomic E-state index is 14.7. The van der Waals surface area contributed by atoms with E-state index >= 15 is 0 Å². The fraction of sp³-hybridized carbons (Fsp3) is 1.00. The predicted molar refractivity (Wildman–Crippen MR) is 160 cm³/mol. The summed E-state index contributed by atoms with van der Waals surface area (Å²) in [4.78, 5) is 0. The van der Waals surface area contributed by atoms with Crippen molar-refractivity contribution in [3.63, 3.8) is 0 Å². The lowest BCUT2D eigenvalue weighted by Gasteiger charge is -2.44. The molecule has 0 fully saturated rings. The van der Waals surface area contributed by atoms with E-state index in [1.165, 1.54) is 0 Å². The summed E-state index contributed by atoms with van der Waals surface area (Å²) in [6.45, 7) is 0. The molecule has 0 amide bonds. The quantitative estimate of drug-likeness (QED) is 0.0644. The molecule has 0 saturated carbocycles. The minimum atomic E-state index is -9.67. The van der Waals surface area contributed by atoms with Gasteiger partial charge in [0.2, 0.25) is 0 Å². The summed E-state index contributed by atoms with van der Waals surface area (Å²) in [5.74, 6) is -194. The van der Waals surface area contributed by atoms with E-state index in [9.17, 15) is 224 Å². The van der Waals surface area contributed by atoms with Gasteiger partial charge in [0, 0.05) is 19.3 Å². The second-order valence-electron chi connectivity index (χ2n) is 16.8. The zero-order valence-corrected chi connectivity index (χ0v) is 37.6. The number of hydrogen-bond donors (Lipinski definition) is 1. The molecule has 0 aliphatic heterocycles. The van der Waals surface area contributed by atoms with Gasteiger partial charge in [0.1, 0.15) is 8.24 Å². The summed E-state index contributed by atoms with van der Waals surface area (Å²) in [6, 6.07) is -11.7. The van der Waals surface area contributed by atoms with E-state index < -0.39 is 189 Å². The normalized spacial score (nSPS) is 17.2. The average Bonchev–Trinajstić information content (AvgIpc) is 3.24. The molecule has 500 valence electrons. The van der Waals surface area contributed by atoms with Gasteiger partial charge in [-0.05, 0) is 18.1 Å². The Morgan fingerprint density at radius 2 is 0.253 bits per heavy atom. The molecular formula is C30H14F51NSi. The van der Waals surface area contributed by atoms with Crippen LogP contribution in [0.15, 0.2) is 0 Å². The van der Waals surface area contributed by atoms with Gasteiger partial charge in [-0.25, -0.2) is 0 Å². The molecule has 0 bridgehead atoms. The Bertz CT molecular complexity index is 2010. The molecule has 0 aromatic rings. The Hall–Kier alpha value is -3.39. The molecular weight excluding hydrogens is 1370 g/mol. The fourth-order valence-corrected chi connectivity index (χ4v) is 8.84. The number of rotatable bonds is 27. The number of nitrogens with two attached hydrogens (primary N) is 1. The first kappa shape index (κ1) is 79.6. The van der Waals surface area contributed by atoms with Crippen molar-refractivity contribution in [2.75, 3.05) is 0 Å². The lowest BCUT2D eigenvalue weighted by atomic mass is 9.88. The van der Waals surface area contributed by atoms with E-state index in [0.717, 1.165) is 0 Å². The molecule has 0 spiro atoms. The van der Waals surface area contributed by atoms with Crippen molar-refractivity contribution in [3.05, 3.63) is 0 Å². The van der Waals surface area contributed by atoms with Crippen molar-refractivity contribution in [2.24, 2.45) is 5.40 Å². The van der Waals surface area contributed by atoms with Crippen LogP contribution in [-0.4, -0.2) is 151 Å². The largest absolute Gasteiger partial charge is 0.460 e. The molecule has 0 aliphatic carbocycles. The van der Waals surface area contributed by atoms with Crippen LogP contribution in [0.4, 0.5) is 224 Å². The molecule has 0 radical (unpaired) electrons. The maximum Gasteiger partial charge on any atom is 0.460 e. The lowest BCUT2D eigenvalue weighted by Crippen LogP contribution is -2.74. The second kappa shape index (κ2) is 20.3. The first-order valence-corrected chi connectivity index (χ1v) is 21.5. The molecule has 83 heavy (non-hydrogen) atoms. The zero-order chi connectivity index (χ0) is 68.7. The van der Waals surface area contributed by atoms with E-state index in [1.807, 2.05) is 0 Å². The van der Waals surface area contributed by atoms with Crippen LogP contribution in [0.5, 0.6) is 0 Å². The Kier molecular flexibility index (Phi) is 19.5. The number of alkyl halides is 51. The van der Waals surface area contributed by atoms with E-state index in [2.05, 4.69) is 5.40 Å². The first-order chi connectivity index (χ1) is 34.9. The van der Waals surface area contributed by atoms with Crippen molar-refractivity contribution in [1.29, 1.82) is 0 Å². The number of halogens is 51. The van der Waals surface area contributed by atoms with Crippen LogP contribution in [0.2, 0.25) is 18.1 Å². The van der Waals surface area contributed by atoms with E-state index in [1.54, 1.807) is 0 Å². The molecule has 2 N–H and O–H groups in total. The van der Waals surface area contributed by atoms with Crippen molar-refractivity contribution >= 4 is 8.24 Å². The molecule has 0 heterocycles. The second-order valence-corrected chi connectivity index (χ2v) is 21.0. The van der Waals surface area contributed by atoms with Crippen LogP contribution in [0.25, 0.3) is 0 Å². The summed E-state index contributed by atoms with van der Waals surface area (Å²) in [7, 11) is -7.68. The van der Waals surface area contributed by atoms with Crippen molar-refractivity contribution in [2.45, 2.75) is 180 Å². The zero-order valence-electron chi connectivity index (χ0n) is 36.6. The lowest BCUT2D eigenvalue weighted by molar-refractivity contribution is -0.461. The third-order valence-corrected chi connectivity index (χ3v) is 14.9. The van der Waals surface area contributed by atoms with E-state index in [-0.39, 0.29) is 0 Å². The molecule has 0 aromatic heterocycles. The average molecular weight is 1390 g/mol. The first-order valence-electron chi connectivity index (χ1n) is 18.8. The van der Waals surface area contributed by atoms with Gasteiger partial charge in [-0.3, -0.25) is 0 Å². The third-order valence-electron chi connectivity index (χ3n) is 11.2. The highest BCUT2D eigenvalue weighted by atomic mass is 28.3. The third kappa shape index (κ3) is 10.8. The summed E-state index contributed by atoms with van der Waals surface area (Å²) in [5.41, 5.74) is 0. The van der Waals surface area contributed by atoms with Gasteiger partial charge in [-0.1, -0.05) is 0 Å². The Labute approximate surface area is 419 Å². The van der Waals surface area contributed by atoms with Gasteiger partial charge in [0.25, 0.3) is 0 Å². The van der Waals surface area contributed by atoms with Crippen LogP contribution in [0.1, 0.15) is 19.3 Å². The standard InChI is InChI=1S/C30H14F51NSi/c31-7(32,10(37,38)13(43,44)16(49,50)19(55,56)22(61,62)25(67,68)28(73,74)75)1-4-83(82,5-2-8(33,34)11(39,40)14(45,46)17(51,52)20(57,58)23(63,64)26(69,70)29(76,77)78)6-3-9(35,36)12(41,42)15(47,48)18(53,54)21(59,60)24(65,66)27(71,72)30(79,80)81/h1-6,82H2. The smallest absolute Gasteiger partial charge is 0.351 e. The molecule has 0 rings (SSSR count). The monoisotopic (exact) mass is 1390 g/mol. The topological polar surface area (TPSA) is 26.0 Å². The fourth-order valence-electron chi connectivity index (χ4n) is 5.65. The molecule has 1 nitrogen and oxygen atoms in total. The summed E-state index contributed by atoms with van der Waals surface area (Å²) < 4.78 is 699. The predicted octanol–water partition coefficient (Wildman–Crippen LogP) is 18.1. The molecule has 0 unspecified atom stereocenters. The minimum Gasteiger partial charge on any atom is -0.351 e. The van der Waals surface area contributed by atoms with Crippen LogP contribution in [0, 0.1) is 0 Å². The highest BCUT2D eigenvalue weighted by Gasteiger charge is 2.98. The van der Waals surface area contributed by atoms with E-state index in [4.69, 9.17) is 0 Å². The van der Waals surface area contributed by atoms with E-state index in [0.29, 0.717) is 0 Å². The van der Waals surface area contributed by atoms with Crippen molar-refractivity contribution in [1.82, 2.24) is 0 Å². The maximum atomic E-state index is 14.7. The summed E-state index contributed by atoms with van der Waals surface area (Å²) in [6.07, 6.45) is -39.1. The molecule has 0 saturated heterocycles. The van der Waals surface area contributed by atoms with Gasteiger partial charge in [0.05, 0.1) is 0 Å². The Balaban J connectivity index is 8.34. The van der Waals surface area contributed by atoms with Gasteiger partial charge in [-0.2, -0.15) is 224 Å². The van der Waals surface area contributed by atoms with Crippen LogP contribution in [0.3, 0.4) is 0 Å². The van der Waals surface area contributed by atoms with Gasteiger partial charge < -0.3 is 5.40 Å². The molecule has 0 aliphatic rings. The minimum absolute atomic E-state index is 3.91. The van der Waals surface area contributed by atoms with Gasteiger partial charge in [-0.15, -0.1) is 0 Å². The number of hydrogen-bond acceptors (Lipinski definition) is 1. The summed E-state index contributed by atoms with van der Waals surface area (Å²) >= 11 is 0.